The van der Waals surface area contributed by atoms with Gasteiger partial charge in [0.15, 0.2) is 0 Å². The standard InChI is InChI=1S/C11H15NS/c1-11(2)12-10(8-13-11)9-6-4-3-5-7-9/h3-7,10,12H,8H2,1-2H3. The van der Waals surface area contributed by atoms with E-state index in [1.165, 1.54) is 11.3 Å². The summed E-state index contributed by atoms with van der Waals surface area (Å²) in [5.74, 6) is 1.18. The Balaban J connectivity index is 2.13. The summed E-state index contributed by atoms with van der Waals surface area (Å²) < 4.78 is 0. The number of hydrogen-bond donors (Lipinski definition) is 1. The van der Waals surface area contributed by atoms with E-state index in [1.807, 2.05) is 11.8 Å². The van der Waals surface area contributed by atoms with Crippen molar-refractivity contribution < 1.29 is 0 Å². The van der Waals surface area contributed by atoms with Gasteiger partial charge in [0.1, 0.15) is 0 Å². The molecule has 0 amide bonds. The fourth-order valence-corrected chi connectivity index (χ4v) is 2.74. The van der Waals surface area contributed by atoms with Crippen LogP contribution in [-0.2, 0) is 0 Å². The van der Waals surface area contributed by atoms with Gasteiger partial charge in [-0.05, 0) is 19.4 Å². The molecule has 1 N–H and O–H groups in total. The Morgan fingerprint density at radius 3 is 2.54 bits per heavy atom. The lowest BCUT2D eigenvalue weighted by Crippen LogP contribution is -2.31. The van der Waals surface area contributed by atoms with Crippen molar-refractivity contribution in [3.05, 3.63) is 35.9 Å². The summed E-state index contributed by atoms with van der Waals surface area (Å²) in [4.78, 5) is 0.237. The minimum Gasteiger partial charge on any atom is -0.295 e. The van der Waals surface area contributed by atoms with E-state index in [0.29, 0.717) is 6.04 Å². The molecule has 1 saturated heterocycles. The van der Waals surface area contributed by atoms with Gasteiger partial charge in [-0.3, -0.25) is 5.32 Å². The first-order valence-electron chi connectivity index (χ1n) is 4.64. The summed E-state index contributed by atoms with van der Waals surface area (Å²) >= 11 is 1.99. The van der Waals surface area contributed by atoms with Gasteiger partial charge < -0.3 is 0 Å². The van der Waals surface area contributed by atoms with Gasteiger partial charge in [0.05, 0.1) is 4.87 Å². The lowest BCUT2D eigenvalue weighted by atomic mass is 10.1. The van der Waals surface area contributed by atoms with E-state index >= 15 is 0 Å². The predicted octanol–water partition coefficient (Wildman–Crippen LogP) is 2.80. The van der Waals surface area contributed by atoms with Gasteiger partial charge >= 0.3 is 0 Å². The fourth-order valence-electron chi connectivity index (χ4n) is 1.66. The normalized spacial score (nSPS) is 26.2. The summed E-state index contributed by atoms with van der Waals surface area (Å²) in [6, 6.07) is 11.2. The molecule has 1 heterocycles. The largest absolute Gasteiger partial charge is 0.295 e. The van der Waals surface area contributed by atoms with E-state index < -0.39 is 0 Å². The van der Waals surface area contributed by atoms with Crippen molar-refractivity contribution in [1.82, 2.24) is 5.32 Å². The molecule has 1 unspecified atom stereocenters. The molecule has 1 aromatic rings. The first-order chi connectivity index (χ1) is 6.17. The smallest absolute Gasteiger partial charge is 0.0593 e. The van der Waals surface area contributed by atoms with Crippen LogP contribution in [0.15, 0.2) is 30.3 Å². The second-order valence-electron chi connectivity index (χ2n) is 3.93. The van der Waals surface area contributed by atoms with Crippen molar-refractivity contribution in [2.75, 3.05) is 5.75 Å². The van der Waals surface area contributed by atoms with Gasteiger partial charge in [-0.2, -0.15) is 0 Å². The van der Waals surface area contributed by atoms with Gasteiger partial charge in [-0.1, -0.05) is 30.3 Å². The van der Waals surface area contributed by atoms with Crippen molar-refractivity contribution in [3.63, 3.8) is 0 Å². The summed E-state index contributed by atoms with van der Waals surface area (Å²) in [5, 5.41) is 3.61. The predicted molar refractivity (Wildman–Crippen MR) is 58.9 cm³/mol. The molecule has 1 aliphatic rings. The third-order valence-electron chi connectivity index (χ3n) is 2.33. The van der Waals surface area contributed by atoms with Crippen LogP contribution in [0.4, 0.5) is 0 Å². The molecule has 13 heavy (non-hydrogen) atoms. The monoisotopic (exact) mass is 193 g/mol. The zero-order valence-electron chi connectivity index (χ0n) is 8.08. The van der Waals surface area contributed by atoms with E-state index in [1.54, 1.807) is 0 Å². The van der Waals surface area contributed by atoms with E-state index in [4.69, 9.17) is 0 Å². The quantitative estimate of drug-likeness (QED) is 0.736. The summed E-state index contributed by atoms with van der Waals surface area (Å²) in [6.45, 7) is 4.47. The second-order valence-corrected chi connectivity index (χ2v) is 5.57. The molecule has 0 spiro atoms. The molecule has 2 heteroatoms. The Bertz CT molecular complexity index is 281. The zero-order chi connectivity index (χ0) is 9.31. The summed E-state index contributed by atoms with van der Waals surface area (Å²) in [6.07, 6.45) is 0. The number of hydrogen-bond acceptors (Lipinski definition) is 2. The average molecular weight is 193 g/mol. The molecule has 1 atom stereocenters. The van der Waals surface area contributed by atoms with E-state index in [0.717, 1.165) is 0 Å². The first-order valence-corrected chi connectivity index (χ1v) is 5.62. The van der Waals surface area contributed by atoms with Crippen molar-refractivity contribution in [3.8, 4) is 0 Å². The third kappa shape index (κ3) is 2.06. The van der Waals surface area contributed by atoms with Crippen LogP contribution in [0.5, 0.6) is 0 Å². The van der Waals surface area contributed by atoms with Gasteiger partial charge in [-0.15, -0.1) is 11.8 Å². The minimum absolute atomic E-state index is 0.237. The fraction of sp³-hybridized carbons (Fsp3) is 0.455. The number of benzene rings is 1. The lowest BCUT2D eigenvalue weighted by Gasteiger charge is -2.18. The Kier molecular flexibility index (Phi) is 2.35. The molecule has 0 aliphatic carbocycles. The lowest BCUT2D eigenvalue weighted by molar-refractivity contribution is 0.507. The molecular formula is C11H15NS. The highest BCUT2D eigenvalue weighted by Gasteiger charge is 2.30. The maximum absolute atomic E-state index is 3.61. The van der Waals surface area contributed by atoms with Gasteiger partial charge in [0.25, 0.3) is 0 Å². The number of rotatable bonds is 1. The average Bonchev–Trinajstić information content (AvgIpc) is 2.48. The Labute approximate surface area is 83.9 Å². The van der Waals surface area contributed by atoms with Gasteiger partial charge in [0, 0.05) is 11.8 Å². The van der Waals surface area contributed by atoms with E-state index in [2.05, 4.69) is 49.5 Å². The third-order valence-corrected chi connectivity index (χ3v) is 3.67. The topological polar surface area (TPSA) is 12.0 Å². The van der Waals surface area contributed by atoms with Crippen molar-refractivity contribution in [2.24, 2.45) is 0 Å². The molecule has 70 valence electrons. The van der Waals surface area contributed by atoms with E-state index in [-0.39, 0.29) is 4.87 Å². The van der Waals surface area contributed by atoms with Crippen LogP contribution in [0.25, 0.3) is 0 Å². The zero-order valence-corrected chi connectivity index (χ0v) is 8.90. The highest BCUT2D eigenvalue weighted by Crippen LogP contribution is 2.35. The maximum atomic E-state index is 3.61. The van der Waals surface area contributed by atoms with Crippen molar-refractivity contribution in [1.29, 1.82) is 0 Å². The van der Waals surface area contributed by atoms with Gasteiger partial charge in [-0.25, -0.2) is 0 Å². The molecule has 0 bridgehead atoms. The second kappa shape index (κ2) is 3.35. The molecule has 1 aliphatic heterocycles. The highest BCUT2D eigenvalue weighted by molar-refractivity contribution is 8.00. The molecule has 0 radical (unpaired) electrons. The highest BCUT2D eigenvalue weighted by atomic mass is 32.2. The van der Waals surface area contributed by atoms with Crippen LogP contribution in [0.1, 0.15) is 25.5 Å². The van der Waals surface area contributed by atoms with Crippen LogP contribution in [0.2, 0.25) is 0 Å². The number of thioether (sulfide) groups is 1. The molecule has 0 aromatic heterocycles. The molecule has 1 aromatic carbocycles. The maximum Gasteiger partial charge on any atom is 0.0593 e. The van der Waals surface area contributed by atoms with Crippen LogP contribution in [0, 0.1) is 0 Å². The van der Waals surface area contributed by atoms with Crippen LogP contribution >= 0.6 is 11.8 Å². The van der Waals surface area contributed by atoms with Crippen LogP contribution < -0.4 is 5.32 Å². The first kappa shape index (κ1) is 9.10. The molecular weight excluding hydrogens is 178 g/mol. The molecule has 1 fully saturated rings. The van der Waals surface area contributed by atoms with Gasteiger partial charge in [0.2, 0.25) is 0 Å². The summed E-state index contributed by atoms with van der Waals surface area (Å²) in [7, 11) is 0. The molecule has 2 rings (SSSR count). The van der Waals surface area contributed by atoms with Crippen LogP contribution in [-0.4, -0.2) is 10.6 Å². The minimum atomic E-state index is 0.237. The molecule has 0 saturated carbocycles. The Morgan fingerprint density at radius 1 is 1.31 bits per heavy atom. The van der Waals surface area contributed by atoms with Crippen molar-refractivity contribution in [2.45, 2.75) is 24.8 Å². The SMILES string of the molecule is CC1(C)NC(c2ccccc2)CS1. The molecule has 1 nitrogen and oxygen atoms in total. The van der Waals surface area contributed by atoms with Crippen LogP contribution in [0.3, 0.4) is 0 Å². The van der Waals surface area contributed by atoms with Crippen molar-refractivity contribution >= 4 is 11.8 Å². The Morgan fingerprint density at radius 2 is 2.00 bits per heavy atom. The summed E-state index contributed by atoms with van der Waals surface area (Å²) in [5.41, 5.74) is 1.40. The Hall–Kier alpha value is -0.470. The number of nitrogens with one attached hydrogen (secondary N) is 1. The van der Waals surface area contributed by atoms with E-state index in [9.17, 15) is 0 Å².